The molecule has 0 N–H and O–H groups in total. The zero-order chi connectivity index (χ0) is 19.3. The monoisotopic (exact) mass is 356 g/mol. The van der Waals surface area contributed by atoms with Gasteiger partial charge in [0.15, 0.2) is 0 Å². The zero-order valence-electron chi connectivity index (χ0n) is 15.8. The second-order valence-electron chi connectivity index (χ2n) is 6.26. The molecule has 0 fully saturated rings. The number of esters is 1. The van der Waals surface area contributed by atoms with Crippen LogP contribution in [0.1, 0.15) is 15.9 Å². The molecule has 0 spiro atoms. The maximum absolute atomic E-state index is 12.3. The summed E-state index contributed by atoms with van der Waals surface area (Å²) in [6.45, 7) is 0.541. The van der Waals surface area contributed by atoms with Gasteiger partial charge in [-0.1, -0.05) is 12.1 Å². The molecule has 26 heavy (non-hydrogen) atoms. The van der Waals surface area contributed by atoms with E-state index >= 15 is 0 Å². The number of carbonyl (C=O) groups is 2. The third-order valence-corrected chi connectivity index (χ3v) is 4.13. The molecule has 0 atom stereocenters. The summed E-state index contributed by atoms with van der Waals surface area (Å²) < 4.78 is 9.94. The van der Waals surface area contributed by atoms with Crippen LogP contribution in [0.3, 0.4) is 0 Å². The highest BCUT2D eigenvalue weighted by atomic mass is 16.5. The second kappa shape index (κ2) is 8.38. The molecule has 2 rings (SSSR count). The van der Waals surface area contributed by atoms with Crippen molar-refractivity contribution in [1.29, 1.82) is 0 Å². The van der Waals surface area contributed by atoms with Gasteiger partial charge in [0.05, 0.1) is 12.7 Å². The van der Waals surface area contributed by atoms with Crippen LogP contribution < -0.4 is 9.80 Å². The maximum Gasteiger partial charge on any atom is 0.338 e. The summed E-state index contributed by atoms with van der Waals surface area (Å²) in [5.74, 6) is -0.414. The number of benzene rings is 2. The van der Waals surface area contributed by atoms with Crippen LogP contribution in [0.25, 0.3) is 11.1 Å². The zero-order valence-corrected chi connectivity index (χ0v) is 15.8. The summed E-state index contributed by atoms with van der Waals surface area (Å²) in [5.41, 5.74) is 4.70. The molecule has 2 aromatic carbocycles. The van der Waals surface area contributed by atoms with Crippen LogP contribution in [0, 0.1) is 0 Å². The predicted molar refractivity (Wildman–Crippen MR) is 103 cm³/mol. The van der Waals surface area contributed by atoms with Crippen LogP contribution in [0.4, 0.5) is 11.4 Å². The number of nitrogens with zero attached hydrogens (tertiary/aromatic N) is 2. The molecule has 0 aliphatic rings. The van der Waals surface area contributed by atoms with E-state index in [0.717, 1.165) is 28.1 Å². The van der Waals surface area contributed by atoms with E-state index in [1.807, 2.05) is 68.3 Å². The summed E-state index contributed by atoms with van der Waals surface area (Å²) in [6.07, 6.45) is 0. The van der Waals surface area contributed by atoms with Gasteiger partial charge in [-0.2, -0.15) is 0 Å². The molecule has 6 heteroatoms. The Morgan fingerprint density at radius 1 is 0.962 bits per heavy atom. The fourth-order valence-electron chi connectivity index (χ4n) is 2.69. The van der Waals surface area contributed by atoms with Gasteiger partial charge in [-0.15, -0.1) is 0 Å². The highest BCUT2D eigenvalue weighted by Gasteiger charge is 2.18. The average Bonchev–Trinajstić information content (AvgIpc) is 2.64. The van der Waals surface area contributed by atoms with Gasteiger partial charge in [0.1, 0.15) is 6.61 Å². The molecule has 0 aromatic heterocycles. The first-order valence-corrected chi connectivity index (χ1v) is 8.14. The Bertz CT molecular complexity index is 800. The van der Waals surface area contributed by atoms with Gasteiger partial charge in [0.2, 0.25) is 0 Å². The van der Waals surface area contributed by atoms with Gasteiger partial charge in [0.25, 0.3) is 6.47 Å². The lowest BCUT2D eigenvalue weighted by Gasteiger charge is -2.19. The van der Waals surface area contributed by atoms with Gasteiger partial charge < -0.3 is 19.3 Å². The van der Waals surface area contributed by atoms with Crippen molar-refractivity contribution in [2.45, 2.75) is 6.61 Å². The van der Waals surface area contributed by atoms with Crippen molar-refractivity contribution in [3.63, 3.8) is 0 Å². The van der Waals surface area contributed by atoms with Crippen LogP contribution in [-0.2, 0) is 20.9 Å². The molecule has 0 unspecified atom stereocenters. The van der Waals surface area contributed by atoms with E-state index in [1.165, 1.54) is 7.11 Å². The van der Waals surface area contributed by atoms with E-state index in [9.17, 15) is 9.59 Å². The molecule has 0 aliphatic carbocycles. The predicted octanol–water partition coefficient (Wildman–Crippen LogP) is 2.95. The minimum Gasteiger partial charge on any atom is -0.465 e. The molecule has 0 amide bonds. The Hall–Kier alpha value is -3.02. The first-order valence-electron chi connectivity index (χ1n) is 8.14. The summed E-state index contributed by atoms with van der Waals surface area (Å²) in [4.78, 5) is 26.9. The second-order valence-corrected chi connectivity index (χ2v) is 6.26. The molecule has 0 saturated heterocycles. The van der Waals surface area contributed by atoms with Gasteiger partial charge in [0, 0.05) is 39.6 Å². The molecule has 2 aromatic rings. The number of rotatable bonds is 7. The Morgan fingerprint density at radius 2 is 1.54 bits per heavy atom. The van der Waals surface area contributed by atoms with Gasteiger partial charge in [-0.3, -0.25) is 4.79 Å². The first-order chi connectivity index (χ1) is 12.4. The molecule has 0 aliphatic heterocycles. The highest BCUT2D eigenvalue weighted by molar-refractivity contribution is 5.99. The topological polar surface area (TPSA) is 59.1 Å². The van der Waals surface area contributed by atoms with E-state index < -0.39 is 5.97 Å². The SMILES string of the molecule is COC(=O)c1cc(N(C)C)ccc1-c1ccc(N(C)C)cc1COC=O. The largest absolute Gasteiger partial charge is 0.465 e. The molecule has 0 radical (unpaired) electrons. The van der Waals surface area contributed by atoms with Crippen LogP contribution in [0.2, 0.25) is 0 Å². The Morgan fingerprint density at radius 3 is 2.08 bits per heavy atom. The number of hydrogen-bond acceptors (Lipinski definition) is 6. The van der Waals surface area contributed by atoms with E-state index in [2.05, 4.69) is 0 Å². The lowest BCUT2D eigenvalue weighted by molar-refractivity contribution is -0.129. The fourth-order valence-corrected chi connectivity index (χ4v) is 2.69. The maximum atomic E-state index is 12.3. The summed E-state index contributed by atoms with van der Waals surface area (Å²) in [5, 5.41) is 0. The van der Waals surface area contributed by atoms with Crippen molar-refractivity contribution >= 4 is 23.8 Å². The van der Waals surface area contributed by atoms with Crippen LogP contribution >= 0.6 is 0 Å². The minimum absolute atomic E-state index is 0.122. The Balaban J connectivity index is 2.65. The fraction of sp³-hybridized carbons (Fsp3) is 0.300. The minimum atomic E-state index is -0.414. The van der Waals surface area contributed by atoms with Crippen LogP contribution in [-0.4, -0.2) is 47.7 Å². The summed E-state index contributed by atoms with van der Waals surface area (Å²) in [7, 11) is 9.05. The first kappa shape index (κ1) is 19.3. The molecule has 6 nitrogen and oxygen atoms in total. The van der Waals surface area contributed by atoms with Gasteiger partial charge >= 0.3 is 5.97 Å². The van der Waals surface area contributed by atoms with Crippen molar-refractivity contribution in [3.8, 4) is 11.1 Å². The van der Waals surface area contributed by atoms with Crippen LogP contribution in [0.5, 0.6) is 0 Å². The number of hydrogen-bond donors (Lipinski definition) is 0. The van der Waals surface area contributed by atoms with Crippen molar-refractivity contribution in [2.24, 2.45) is 0 Å². The molecule has 0 bridgehead atoms. The Kier molecular flexibility index (Phi) is 6.22. The highest BCUT2D eigenvalue weighted by Crippen LogP contribution is 2.33. The molecule has 0 saturated carbocycles. The van der Waals surface area contributed by atoms with Crippen LogP contribution in [0.15, 0.2) is 36.4 Å². The molecular formula is C20H24N2O4. The Labute approximate surface area is 153 Å². The van der Waals surface area contributed by atoms with Gasteiger partial charge in [-0.05, 0) is 41.0 Å². The lowest BCUT2D eigenvalue weighted by atomic mass is 9.94. The van der Waals surface area contributed by atoms with E-state index in [0.29, 0.717) is 12.0 Å². The van der Waals surface area contributed by atoms with E-state index in [-0.39, 0.29) is 6.61 Å². The molecule has 0 heterocycles. The number of carbonyl (C=O) groups excluding carboxylic acids is 2. The van der Waals surface area contributed by atoms with E-state index in [4.69, 9.17) is 9.47 Å². The van der Waals surface area contributed by atoms with E-state index in [1.54, 1.807) is 6.07 Å². The van der Waals surface area contributed by atoms with Crippen molar-refractivity contribution in [3.05, 3.63) is 47.5 Å². The van der Waals surface area contributed by atoms with Crippen molar-refractivity contribution < 1.29 is 19.1 Å². The summed E-state index contributed by atoms with van der Waals surface area (Å²) in [6, 6.07) is 11.4. The number of anilines is 2. The molecular weight excluding hydrogens is 332 g/mol. The molecule has 138 valence electrons. The number of methoxy groups -OCH3 is 1. The van der Waals surface area contributed by atoms with Gasteiger partial charge in [-0.25, -0.2) is 4.79 Å². The standard InChI is InChI=1S/C20H24N2O4/c1-21(2)15-6-8-17(14(10-15)12-26-13-23)18-9-7-16(22(3)4)11-19(18)20(24)25-5/h6-11,13H,12H2,1-5H3. The van der Waals surface area contributed by atoms with Crippen molar-refractivity contribution in [2.75, 3.05) is 45.1 Å². The van der Waals surface area contributed by atoms with Crippen molar-refractivity contribution in [1.82, 2.24) is 0 Å². The summed E-state index contributed by atoms with van der Waals surface area (Å²) >= 11 is 0. The third-order valence-electron chi connectivity index (χ3n) is 4.13. The third kappa shape index (κ3) is 4.14. The number of ether oxygens (including phenoxy) is 2. The smallest absolute Gasteiger partial charge is 0.338 e. The normalized spacial score (nSPS) is 10.2. The lowest BCUT2D eigenvalue weighted by Crippen LogP contribution is -2.12. The quantitative estimate of drug-likeness (QED) is 0.562. The average molecular weight is 356 g/mol.